The molecule has 0 unspecified atom stereocenters. The van der Waals surface area contributed by atoms with Crippen molar-refractivity contribution in [3.63, 3.8) is 0 Å². The van der Waals surface area contributed by atoms with Gasteiger partial charge in [-0.3, -0.25) is 0 Å². The molecular weight excluding hydrogens is 643 g/mol. The fourth-order valence-corrected chi connectivity index (χ4v) is 7.59. The molecule has 0 atom stereocenters. The van der Waals surface area contributed by atoms with Gasteiger partial charge in [0.2, 0.25) is 0 Å². The number of para-hydroxylation sites is 1. The topological polar surface area (TPSA) is 16.4 Å². The monoisotopic (exact) mass is 679 g/mol. The summed E-state index contributed by atoms with van der Waals surface area (Å²) in [5.74, 6) is 0. The number of nitrogens with zero attached hydrogens (tertiary/aromatic N) is 1. The van der Waals surface area contributed by atoms with Gasteiger partial charge in [-0.2, -0.15) is 0 Å². The minimum Gasteiger partial charge on any atom is -0.455 e. The highest BCUT2D eigenvalue weighted by atomic mass is 16.3. The average Bonchev–Trinajstić information content (AvgIpc) is 3.61. The van der Waals surface area contributed by atoms with Crippen LogP contribution >= 0.6 is 0 Å². The molecule has 0 aliphatic carbocycles. The van der Waals surface area contributed by atoms with Crippen LogP contribution < -0.4 is 4.90 Å². The number of hydrogen-bond donors (Lipinski definition) is 0. The van der Waals surface area contributed by atoms with E-state index in [0.29, 0.717) is 0 Å². The zero-order valence-corrected chi connectivity index (χ0v) is 29.5. The summed E-state index contributed by atoms with van der Waals surface area (Å²) < 4.78 is 6.80. The van der Waals surface area contributed by atoms with E-state index in [1.807, 2.05) is 12.2 Å². The first-order chi connectivity index (χ1) is 26.2. The molecule has 0 N–H and O–H groups in total. The Morgan fingerprint density at radius 1 is 0.509 bits per heavy atom. The van der Waals surface area contributed by atoms with Gasteiger partial charge in [-0.15, -0.1) is 0 Å². The molecule has 0 aliphatic rings. The number of benzene rings is 8. The lowest BCUT2D eigenvalue weighted by molar-refractivity contribution is 0.673. The minimum absolute atomic E-state index is 0.868. The minimum atomic E-state index is 0.868. The first-order valence-corrected chi connectivity index (χ1v) is 18.0. The number of fused-ring (bicyclic) bond motifs is 5. The van der Waals surface area contributed by atoms with E-state index in [-0.39, 0.29) is 0 Å². The molecule has 9 rings (SSSR count). The van der Waals surface area contributed by atoms with E-state index in [4.69, 9.17) is 4.42 Å². The second-order valence-corrected chi connectivity index (χ2v) is 13.4. The molecule has 9 aromatic rings. The Bertz CT molecular complexity index is 2790. The average molecular weight is 680 g/mol. The SMILES string of the molecule is C=C/C=C\c1cc(-c2cccc3oc4c5ccccc5c(N(c5ccc(-c6ccccc6)cc5)c5ccccc5-c5ccccc5)cc4c23)ccc1C. The summed E-state index contributed by atoms with van der Waals surface area (Å²) in [5.41, 5.74) is 14.4. The summed E-state index contributed by atoms with van der Waals surface area (Å²) in [7, 11) is 0. The number of hydrogen-bond acceptors (Lipinski definition) is 2. The van der Waals surface area contributed by atoms with E-state index < -0.39 is 0 Å². The van der Waals surface area contributed by atoms with Crippen LogP contribution in [-0.4, -0.2) is 0 Å². The van der Waals surface area contributed by atoms with Crippen molar-refractivity contribution in [1.82, 2.24) is 0 Å². The van der Waals surface area contributed by atoms with Crippen LogP contribution in [0.4, 0.5) is 17.1 Å². The predicted molar refractivity (Wildman–Crippen MR) is 226 cm³/mol. The van der Waals surface area contributed by atoms with Gasteiger partial charge in [0.25, 0.3) is 0 Å². The predicted octanol–water partition coefficient (Wildman–Crippen LogP) is 14.7. The van der Waals surface area contributed by atoms with Gasteiger partial charge in [-0.25, -0.2) is 0 Å². The molecule has 1 aromatic heterocycles. The molecule has 252 valence electrons. The van der Waals surface area contributed by atoms with Crippen molar-refractivity contribution < 1.29 is 4.42 Å². The number of allylic oxidation sites excluding steroid dienone is 2. The summed E-state index contributed by atoms with van der Waals surface area (Å²) in [6.07, 6.45) is 5.93. The van der Waals surface area contributed by atoms with Crippen molar-refractivity contribution in [2.45, 2.75) is 6.92 Å². The Labute approximate surface area is 310 Å². The maximum Gasteiger partial charge on any atom is 0.143 e. The van der Waals surface area contributed by atoms with Crippen molar-refractivity contribution in [3.05, 3.63) is 206 Å². The molecule has 0 saturated carbocycles. The molecule has 0 spiro atoms. The van der Waals surface area contributed by atoms with Crippen LogP contribution in [0.3, 0.4) is 0 Å². The third-order valence-electron chi connectivity index (χ3n) is 10.2. The summed E-state index contributed by atoms with van der Waals surface area (Å²) in [5, 5.41) is 4.37. The molecule has 0 bridgehead atoms. The Morgan fingerprint density at radius 3 is 1.92 bits per heavy atom. The normalized spacial score (nSPS) is 11.5. The van der Waals surface area contributed by atoms with Gasteiger partial charge in [0, 0.05) is 32.8 Å². The molecule has 0 saturated heterocycles. The van der Waals surface area contributed by atoms with Crippen molar-refractivity contribution in [2.24, 2.45) is 0 Å². The highest BCUT2D eigenvalue weighted by Gasteiger charge is 2.23. The van der Waals surface area contributed by atoms with E-state index >= 15 is 0 Å². The van der Waals surface area contributed by atoms with E-state index in [1.54, 1.807) is 0 Å². The van der Waals surface area contributed by atoms with E-state index in [1.165, 1.54) is 22.3 Å². The van der Waals surface area contributed by atoms with Crippen molar-refractivity contribution in [3.8, 4) is 33.4 Å². The van der Waals surface area contributed by atoms with Crippen LogP contribution in [0.2, 0.25) is 0 Å². The fraction of sp³-hybridized carbons (Fsp3) is 0.0196. The second kappa shape index (κ2) is 13.7. The molecule has 2 nitrogen and oxygen atoms in total. The first kappa shape index (κ1) is 32.0. The number of anilines is 3. The summed E-state index contributed by atoms with van der Waals surface area (Å²) in [6, 6.07) is 62.9. The van der Waals surface area contributed by atoms with Crippen LogP contribution in [0.1, 0.15) is 11.1 Å². The number of furan rings is 1. The highest BCUT2D eigenvalue weighted by Crippen LogP contribution is 2.48. The van der Waals surface area contributed by atoms with Crippen LogP contribution in [0.5, 0.6) is 0 Å². The third-order valence-corrected chi connectivity index (χ3v) is 10.2. The smallest absolute Gasteiger partial charge is 0.143 e. The Kier molecular flexibility index (Phi) is 8.26. The molecule has 0 amide bonds. The van der Waals surface area contributed by atoms with E-state index in [9.17, 15) is 0 Å². The molecule has 0 aliphatic heterocycles. The van der Waals surface area contributed by atoms with E-state index in [2.05, 4.69) is 200 Å². The van der Waals surface area contributed by atoms with Crippen LogP contribution in [-0.2, 0) is 0 Å². The van der Waals surface area contributed by atoms with Crippen LogP contribution in [0, 0.1) is 6.92 Å². The molecular formula is C51H37NO. The van der Waals surface area contributed by atoms with E-state index in [0.717, 1.165) is 72.0 Å². The second-order valence-electron chi connectivity index (χ2n) is 13.4. The highest BCUT2D eigenvalue weighted by molar-refractivity contribution is 6.22. The lowest BCUT2D eigenvalue weighted by Crippen LogP contribution is -2.12. The first-order valence-electron chi connectivity index (χ1n) is 18.0. The summed E-state index contributed by atoms with van der Waals surface area (Å²) in [4.78, 5) is 2.42. The van der Waals surface area contributed by atoms with Gasteiger partial charge in [0.15, 0.2) is 0 Å². The fourth-order valence-electron chi connectivity index (χ4n) is 7.59. The largest absolute Gasteiger partial charge is 0.455 e. The summed E-state index contributed by atoms with van der Waals surface area (Å²) >= 11 is 0. The molecule has 0 fully saturated rings. The Morgan fingerprint density at radius 2 is 1.15 bits per heavy atom. The van der Waals surface area contributed by atoms with Crippen molar-refractivity contribution in [2.75, 3.05) is 4.90 Å². The van der Waals surface area contributed by atoms with Crippen LogP contribution in [0.15, 0.2) is 199 Å². The number of rotatable bonds is 8. The quantitative estimate of drug-likeness (QED) is 0.149. The van der Waals surface area contributed by atoms with Gasteiger partial charge in [0.05, 0.1) is 11.4 Å². The van der Waals surface area contributed by atoms with Crippen LogP contribution in [0.25, 0.3) is 72.2 Å². The zero-order valence-electron chi connectivity index (χ0n) is 29.5. The maximum absolute atomic E-state index is 6.80. The molecule has 1 heterocycles. The Hall–Kier alpha value is -6.90. The Balaban J connectivity index is 1.33. The molecule has 8 aromatic carbocycles. The molecule has 0 radical (unpaired) electrons. The number of aryl methyl sites for hydroxylation is 1. The van der Waals surface area contributed by atoms with Gasteiger partial charge in [0.1, 0.15) is 11.2 Å². The lowest BCUT2D eigenvalue weighted by Gasteiger charge is -2.29. The lowest BCUT2D eigenvalue weighted by atomic mass is 9.94. The molecule has 2 heteroatoms. The van der Waals surface area contributed by atoms with Gasteiger partial charge in [-0.1, -0.05) is 164 Å². The zero-order chi connectivity index (χ0) is 35.7. The standard InChI is InChI=1S/C51H37NO/c1-3-4-16-39-33-40(28-27-35(39)2)43-24-15-26-49-50(43)46-34-48(44-22-11-12-23-45(44)51(46)53-49)52(41-31-29-37(30-32-41)36-17-7-5-8-18-36)47-25-14-13-21-42(47)38-19-9-6-10-20-38/h3-34H,1H2,2H3/b16-4-. The van der Waals surface area contributed by atoms with Crippen molar-refractivity contribution in [1.29, 1.82) is 0 Å². The third kappa shape index (κ3) is 5.81. The van der Waals surface area contributed by atoms with Crippen molar-refractivity contribution >= 4 is 55.8 Å². The summed E-state index contributed by atoms with van der Waals surface area (Å²) in [6.45, 7) is 6.03. The van der Waals surface area contributed by atoms with Gasteiger partial charge >= 0.3 is 0 Å². The van der Waals surface area contributed by atoms with Gasteiger partial charge in [-0.05, 0) is 82.3 Å². The molecule has 53 heavy (non-hydrogen) atoms. The van der Waals surface area contributed by atoms with Gasteiger partial charge < -0.3 is 9.32 Å². The maximum atomic E-state index is 6.80.